The highest BCUT2D eigenvalue weighted by atomic mass is 32.1. The molecule has 0 aliphatic heterocycles. The molecule has 0 bridgehead atoms. The lowest BCUT2D eigenvalue weighted by Crippen LogP contribution is -2.44. The number of rotatable bonds is 12. The summed E-state index contributed by atoms with van der Waals surface area (Å²) in [5.74, 6) is -1.23. The van der Waals surface area contributed by atoms with Crippen LogP contribution in [0.2, 0.25) is 0 Å². The first-order valence-corrected chi connectivity index (χ1v) is 11.9. The fraction of sp³-hybridized carbons (Fsp3) is 0.280. The quantitative estimate of drug-likeness (QED) is 0.372. The lowest BCUT2D eigenvalue weighted by molar-refractivity contribution is -0.142. The summed E-state index contributed by atoms with van der Waals surface area (Å²) in [6, 6.07) is 13.3. The van der Waals surface area contributed by atoms with Crippen molar-refractivity contribution < 1.29 is 23.5 Å². The van der Waals surface area contributed by atoms with E-state index in [1.165, 1.54) is 47.6 Å². The summed E-state index contributed by atoms with van der Waals surface area (Å²) in [6.07, 6.45) is 1.35. The molecule has 0 aliphatic carbocycles. The Hall–Kier alpha value is -3.63. The van der Waals surface area contributed by atoms with Gasteiger partial charge >= 0.3 is 0 Å². The third-order valence-corrected chi connectivity index (χ3v) is 5.94. The average molecular weight is 499 g/mol. The predicted molar refractivity (Wildman–Crippen MR) is 131 cm³/mol. The number of carbonyl (C=O) groups is 3. The minimum atomic E-state index is -1.01. The number of aromatic nitrogens is 1. The molecule has 3 amide bonds. The predicted octanol–water partition coefficient (Wildman–Crippen LogP) is 3.53. The van der Waals surface area contributed by atoms with Crippen LogP contribution in [0.3, 0.4) is 0 Å². The van der Waals surface area contributed by atoms with Crippen LogP contribution >= 0.6 is 11.3 Å². The second-order valence-electron chi connectivity index (χ2n) is 7.60. The molecule has 0 spiro atoms. The van der Waals surface area contributed by atoms with Crippen LogP contribution in [0.15, 0.2) is 66.2 Å². The van der Waals surface area contributed by atoms with Crippen molar-refractivity contribution in [3.8, 4) is 0 Å². The highest BCUT2D eigenvalue weighted by Gasteiger charge is 2.32. The van der Waals surface area contributed by atoms with Crippen LogP contribution in [-0.2, 0) is 25.7 Å². The standard InChI is InChI=1S/C25H27FN4O4S/c1-34-15-14-28-25(33)24(18-7-9-19(26)10-8-18)30(17-20-5-4-16-35-20)23(32)12-11-22(31)29-21-6-2-3-13-27-21/h2-10,13,16,24H,11-12,14-15,17H2,1H3,(H,28,33)(H,27,29,31)/t24-/m1/s1. The van der Waals surface area contributed by atoms with Crippen molar-refractivity contribution in [1.82, 2.24) is 15.2 Å². The number of thiophene rings is 1. The van der Waals surface area contributed by atoms with Crippen LogP contribution in [-0.4, -0.2) is 47.9 Å². The molecule has 2 heterocycles. The normalized spacial score (nSPS) is 11.5. The zero-order chi connectivity index (χ0) is 25.0. The molecule has 35 heavy (non-hydrogen) atoms. The number of pyridine rings is 1. The molecular weight excluding hydrogens is 471 g/mol. The molecule has 1 aromatic carbocycles. The van der Waals surface area contributed by atoms with Crippen molar-refractivity contribution in [1.29, 1.82) is 0 Å². The Morgan fingerprint density at radius 2 is 1.89 bits per heavy atom. The summed E-state index contributed by atoms with van der Waals surface area (Å²) in [7, 11) is 1.52. The summed E-state index contributed by atoms with van der Waals surface area (Å²) in [4.78, 5) is 45.3. The van der Waals surface area contributed by atoms with E-state index in [1.807, 2.05) is 17.5 Å². The van der Waals surface area contributed by atoms with Gasteiger partial charge in [-0.15, -0.1) is 11.3 Å². The maximum Gasteiger partial charge on any atom is 0.247 e. The summed E-state index contributed by atoms with van der Waals surface area (Å²) in [5, 5.41) is 7.30. The summed E-state index contributed by atoms with van der Waals surface area (Å²) >= 11 is 1.45. The lowest BCUT2D eigenvalue weighted by Gasteiger charge is -2.31. The number of hydrogen-bond donors (Lipinski definition) is 2. The van der Waals surface area contributed by atoms with Crippen molar-refractivity contribution in [3.63, 3.8) is 0 Å². The first kappa shape index (κ1) is 26.0. The SMILES string of the molecule is COCCNC(=O)[C@@H](c1ccc(F)cc1)N(Cc1cccs1)C(=O)CCC(=O)Nc1ccccn1. The van der Waals surface area contributed by atoms with Crippen molar-refractivity contribution in [2.45, 2.75) is 25.4 Å². The summed E-state index contributed by atoms with van der Waals surface area (Å²) in [5.41, 5.74) is 0.462. The van der Waals surface area contributed by atoms with E-state index in [9.17, 15) is 18.8 Å². The smallest absolute Gasteiger partial charge is 0.247 e. The van der Waals surface area contributed by atoms with Crippen LogP contribution in [0.1, 0.15) is 29.3 Å². The molecule has 0 fully saturated rings. The van der Waals surface area contributed by atoms with Gasteiger partial charge in [0, 0.05) is 37.6 Å². The minimum Gasteiger partial charge on any atom is -0.383 e. The summed E-state index contributed by atoms with van der Waals surface area (Å²) in [6.45, 7) is 0.715. The van der Waals surface area contributed by atoms with E-state index in [2.05, 4.69) is 15.6 Å². The number of anilines is 1. The fourth-order valence-electron chi connectivity index (χ4n) is 3.39. The Morgan fingerprint density at radius 3 is 2.54 bits per heavy atom. The third-order valence-electron chi connectivity index (χ3n) is 5.08. The molecule has 0 unspecified atom stereocenters. The second-order valence-corrected chi connectivity index (χ2v) is 8.63. The number of ether oxygens (including phenoxy) is 1. The molecule has 0 aliphatic rings. The zero-order valence-corrected chi connectivity index (χ0v) is 20.1. The second kappa shape index (κ2) is 13.3. The third kappa shape index (κ3) is 7.97. The van der Waals surface area contributed by atoms with Gasteiger partial charge in [0.15, 0.2) is 0 Å². The molecule has 1 atom stereocenters. The van der Waals surface area contributed by atoms with Crippen LogP contribution in [0.25, 0.3) is 0 Å². The molecule has 3 aromatic rings. The van der Waals surface area contributed by atoms with Crippen molar-refractivity contribution in [2.75, 3.05) is 25.6 Å². The van der Waals surface area contributed by atoms with Gasteiger partial charge in [0.25, 0.3) is 0 Å². The number of carbonyl (C=O) groups excluding carboxylic acids is 3. The monoisotopic (exact) mass is 498 g/mol. The van der Waals surface area contributed by atoms with E-state index in [-0.39, 0.29) is 37.7 Å². The van der Waals surface area contributed by atoms with Gasteiger partial charge in [-0.25, -0.2) is 9.37 Å². The van der Waals surface area contributed by atoms with Crippen LogP contribution in [0.5, 0.6) is 0 Å². The average Bonchev–Trinajstić information content (AvgIpc) is 3.37. The Bertz CT molecular complexity index is 1090. The lowest BCUT2D eigenvalue weighted by atomic mass is 10.0. The number of nitrogens with one attached hydrogen (secondary N) is 2. The number of amides is 3. The fourth-order valence-corrected chi connectivity index (χ4v) is 4.09. The van der Waals surface area contributed by atoms with Crippen LogP contribution in [0, 0.1) is 5.82 Å². The highest BCUT2D eigenvalue weighted by molar-refractivity contribution is 7.09. The van der Waals surface area contributed by atoms with Gasteiger partial charge in [-0.05, 0) is 41.3 Å². The molecule has 0 saturated heterocycles. The maximum atomic E-state index is 13.6. The molecule has 10 heteroatoms. The van der Waals surface area contributed by atoms with Crippen molar-refractivity contribution in [3.05, 3.63) is 82.4 Å². The Balaban J connectivity index is 1.81. The minimum absolute atomic E-state index is 0.0855. The van der Waals surface area contributed by atoms with Crippen molar-refractivity contribution in [2.24, 2.45) is 0 Å². The number of hydrogen-bond acceptors (Lipinski definition) is 6. The Morgan fingerprint density at radius 1 is 1.09 bits per heavy atom. The van der Waals surface area contributed by atoms with Crippen molar-refractivity contribution >= 4 is 34.9 Å². The summed E-state index contributed by atoms with van der Waals surface area (Å²) < 4.78 is 18.6. The zero-order valence-electron chi connectivity index (χ0n) is 19.3. The van der Waals surface area contributed by atoms with E-state index in [1.54, 1.807) is 24.4 Å². The van der Waals surface area contributed by atoms with Gasteiger partial charge in [-0.3, -0.25) is 14.4 Å². The number of methoxy groups -OCH3 is 1. The van der Waals surface area contributed by atoms with Crippen LogP contribution in [0.4, 0.5) is 10.2 Å². The highest BCUT2D eigenvalue weighted by Crippen LogP contribution is 2.26. The first-order chi connectivity index (χ1) is 17.0. The molecular formula is C25H27FN4O4S. The van der Waals surface area contributed by atoms with Gasteiger partial charge in [-0.2, -0.15) is 0 Å². The first-order valence-electron chi connectivity index (χ1n) is 11.0. The molecule has 0 saturated carbocycles. The molecule has 2 N–H and O–H groups in total. The molecule has 2 aromatic heterocycles. The molecule has 3 rings (SSSR count). The topological polar surface area (TPSA) is 101 Å². The van der Waals surface area contributed by atoms with Gasteiger partial charge < -0.3 is 20.3 Å². The van der Waals surface area contributed by atoms with Gasteiger partial charge in [-0.1, -0.05) is 24.3 Å². The van der Waals surface area contributed by atoms with Gasteiger partial charge in [0.2, 0.25) is 17.7 Å². The largest absolute Gasteiger partial charge is 0.383 e. The van der Waals surface area contributed by atoms with E-state index in [0.29, 0.717) is 18.0 Å². The van der Waals surface area contributed by atoms with E-state index < -0.39 is 17.8 Å². The van der Waals surface area contributed by atoms with E-state index >= 15 is 0 Å². The molecule has 0 radical (unpaired) electrons. The number of halogens is 1. The number of benzene rings is 1. The van der Waals surface area contributed by atoms with E-state index in [4.69, 9.17) is 4.74 Å². The van der Waals surface area contributed by atoms with Crippen LogP contribution < -0.4 is 10.6 Å². The van der Waals surface area contributed by atoms with Gasteiger partial charge in [0.1, 0.15) is 17.7 Å². The van der Waals surface area contributed by atoms with E-state index in [0.717, 1.165) is 4.88 Å². The number of nitrogens with zero attached hydrogens (tertiary/aromatic N) is 2. The molecule has 8 nitrogen and oxygen atoms in total. The Labute approximate surface area is 207 Å². The Kier molecular flexibility index (Phi) is 9.88. The van der Waals surface area contributed by atoms with Gasteiger partial charge in [0.05, 0.1) is 13.2 Å². The maximum absolute atomic E-state index is 13.6. The molecule has 184 valence electrons.